The number of fused-ring (bicyclic) bond motifs is 1. The first kappa shape index (κ1) is 10.2. The molecule has 0 atom stereocenters. The summed E-state index contributed by atoms with van der Waals surface area (Å²) >= 11 is 0. The Labute approximate surface area is 90.9 Å². The van der Waals surface area contributed by atoms with Crippen molar-refractivity contribution < 1.29 is 19.2 Å². The fourth-order valence-electron chi connectivity index (χ4n) is 1.25. The predicted molar refractivity (Wildman–Crippen MR) is 57.4 cm³/mol. The molecule has 0 aliphatic heterocycles. The van der Waals surface area contributed by atoms with Crippen molar-refractivity contribution >= 4 is 23.2 Å². The van der Waals surface area contributed by atoms with E-state index in [4.69, 9.17) is 9.52 Å². The minimum atomic E-state index is -1.07. The molecule has 0 radical (unpaired) electrons. The Balaban J connectivity index is 2.06. The Morgan fingerprint density at radius 2 is 2.31 bits per heavy atom. The van der Waals surface area contributed by atoms with Gasteiger partial charge in [0, 0.05) is 5.39 Å². The second-order valence-corrected chi connectivity index (χ2v) is 3.09. The fraction of sp³-hybridized carbons (Fsp3) is 0.0909. The molecule has 16 heavy (non-hydrogen) atoms. The molecule has 2 rings (SSSR count). The Bertz CT molecular complexity index is 497. The van der Waals surface area contributed by atoms with Crippen LogP contribution in [0.5, 0.6) is 0 Å². The zero-order valence-corrected chi connectivity index (χ0v) is 8.29. The summed E-state index contributed by atoms with van der Waals surface area (Å²) in [4.78, 5) is 14.6. The van der Waals surface area contributed by atoms with Crippen molar-refractivity contribution in [2.75, 3.05) is 6.61 Å². The number of furan rings is 1. The van der Waals surface area contributed by atoms with E-state index in [0.29, 0.717) is 5.76 Å². The van der Waals surface area contributed by atoms with Crippen LogP contribution in [0.15, 0.2) is 39.9 Å². The van der Waals surface area contributed by atoms with Crippen molar-refractivity contribution in [1.29, 1.82) is 0 Å². The quantitative estimate of drug-likeness (QED) is 0.629. The van der Waals surface area contributed by atoms with Gasteiger partial charge in [-0.3, -0.25) is 0 Å². The third kappa shape index (κ3) is 2.38. The average molecular weight is 219 g/mol. The lowest BCUT2D eigenvalue weighted by Crippen LogP contribution is -2.03. The minimum absolute atomic E-state index is 0.462. The summed E-state index contributed by atoms with van der Waals surface area (Å²) in [6.07, 6.45) is 1.34. The van der Waals surface area contributed by atoms with Crippen LogP contribution in [0.3, 0.4) is 0 Å². The van der Waals surface area contributed by atoms with E-state index in [1.165, 1.54) is 6.21 Å². The third-order valence-corrected chi connectivity index (χ3v) is 1.89. The zero-order chi connectivity index (χ0) is 11.4. The fourth-order valence-corrected chi connectivity index (χ4v) is 1.25. The highest BCUT2D eigenvalue weighted by Crippen LogP contribution is 2.17. The molecule has 0 bridgehead atoms. The predicted octanol–water partition coefficient (Wildman–Crippen LogP) is 1.87. The van der Waals surface area contributed by atoms with Crippen molar-refractivity contribution in [3.05, 3.63) is 36.1 Å². The molecule has 5 nitrogen and oxygen atoms in total. The van der Waals surface area contributed by atoms with Crippen LogP contribution in [0, 0.1) is 0 Å². The summed E-state index contributed by atoms with van der Waals surface area (Å²) in [7, 11) is 0. The van der Waals surface area contributed by atoms with Crippen LogP contribution >= 0.6 is 0 Å². The average Bonchev–Trinajstić information content (AvgIpc) is 2.66. The van der Waals surface area contributed by atoms with E-state index in [1.807, 2.05) is 24.3 Å². The molecule has 0 unspecified atom stereocenters. The molecule has 0 spiro atoms. The molecule has 0 aliphatic rings. The number of carboxylic acid groups (broad SMARTS) is 1. The minimum Gasteiger partial charge on any atom is -0.479 e. The number of carbonyl (C=O) groups is 1. The lowest BCUT2D eigenvalue weighted by atomic mass is 10.2. The first-order chi connectivity index (χ1) is 7.75. The van der Waals surface area contributed by atoms with Gasteiger partial charge in [0.05, 0.1) is 0 Å². The van der Waals surface area contributed by atoms with Gasteiger partial charge in [-0.1, -0.05) is 23.4 Å². The number of hydrogen-bond donors (Lipinski definition) is 1. The standard InChI is InChI=1S/C11H9NO4/c13-11(14)7-15-12-6-9-5-8-3-1-2-4-10(8)16-9/h1-6H,7H2,(H,13,14). The lowest BCUT2D eigenvalue weighted by molar-refractivity contribution is -0.142. The summed E-state index contributed by atoms with van der Waals surface area (Å²) in [6.45, 7) is -0.462. The molecule has 1 heterocycles. The van der Waals surface area contributed by atoms with E-state index in [2.05, 4.69) is 9.99 Å². The highest BCUT2D eigenvalue weighted by molar-refractivity contribution is 5.86. The highest BCUT2D eigenvalue weighted by Gasteiger charge is 2.00. The molecular formula is C11H9NO4. The topological polar surface area (TPSA) is 72.0 Å². The highest BCUT2D eigenvalue weighted by atomic mass is 16.6. The van der Waals surface area contributed by atoms with Gasteiger partial charge in [-0.25, -0.2) is 4.79 Å². The molecule has 2 aromatic rings. The number of benzene rings is 1. The van der Waals surface area contributed by atoms with E-state index >= 15 is 0 Å². The van der Waals surface area contributed by atoms with Crippen molar-refractivity contribution in [3.8, 4) is 0 Å². The van der Waals surface area contributed by atoms with E-state index in [1.54, 1.807) is 6.07 Å². The number of para-hydroxylation sites is 1. The zero-order valence-electron chi connectivity index (χ0n) is 8.29. The Morgan fingerprint density at radius 3 is 3.06 bits per heavy atom. The number of nitrogens with zero attached hydrogens (tertiary/aromatic N) is 1. The maximum atomic E-state index is 10.1. The summed E-state index contributed by atoms with van der Waals surface area (Å²) < 4.78 is 5.40. The van der Waals surface area contributed by atoms with Crippen LogP contribution in [0.2, 0.25) is 0 Å². The van der Waals surface area contributed by atoms with Gasteiger partial charge in [0.15, 0.2) is 0 Å². The molecule has 0 aliphatic carbocycles. The largest absolute Gasteiger partial charge is 0.479 e. The molecule has 0 fully saturated rings. The van der Waals surface area contributed by atoms with Gasteiger partial charge < -0.3 is 14.4 Å². The molecular weight excluding hydrogens is 210 g/mol. The monoisotopic (exact) mass is 219 g/mol. The number of oxime groups is 1. The van der Waals surface area contributed by atoms with E-state index < -0.39 is 12.6 Å². The van der Waals surface area contributed by atoms with Gasteiger partial charge in [-0.2, -0.15) is 0 Å². The van der Waals surface area contributed by atoms with Crippen LogP contribution in [0.4, 0.5) is 0 Å². The second kappa shape index (κ2) is 4.48. The molecule has 1 N–H and O–H groups in total. The third-order valence-electron chi connectivity index (χ3n) is 1.89. The van der Waals surface area contributed by atoms with Gasteiger partial charge in [-0.05, 0) is 12.1 Å². The van der Waals surface area contributed by atoms with Crippen molar-refractivity contribution in [2.45, 2.75) is 0 Å². The van der Waals surface area contributed by atoms with Crippen LogP contribution < -0.4 is 0 Å². The molecule has 1 aromatic carbocycles. The first-order valence-electron chi connectivity index (χ1n) is 4.61. The van der Waals surface area contributed by atoms with E-state index in [-0.39, 0.29) is 0 Å². The van der Waals surface area contributed by atoms with Gasteiger partial charge in [-0.15, -0.1) is 0 Å². The smallest absolute Gasteiger partial charge is 0.344 e. The first-order valence-corrected chi connectivity index (χ1v) is 4.61. The normalized spacial score (nSPS) is 11.0. The molecule has 82 valence electrons. The summed E-state index contributed by atoms with van der Waals surface area (Å²) in [5.41, 5.74) is 0.752. The van der Waals surface area contributed by atoms with Crippen LogP contribution in [-0.2, 0) is 9.63 Å². The maximum Gasteiger partial charge on any atom is 0.344 e. The van der Waals surface area contributed by atoms with Gasteiger partial charge in [0.2, 0.25) is 6.61 Å². The number of rotatable bonds is 4. The number of hydrogen-bond acceptors (Lipinski definition) is 4. The van der Waals surface area contributed by atoms with Crippen molar-refractivity contribution in [3.63, 3.8) is 0 Å². The van der Waals surface area contributed by atoms with E-state index in [9.17, 15) is 4.79 Å². The van der Waals surface area contributed by atoms with Crippen molar-refractivity contribution in [1.82, 2.24) is 0 Å². The van der Waals surface area contributed by atoms with Gasteiger partial charge in [0.25, 0.3) is 0 Å². The van der Waals surface area contributed by atoms with Crippen LogP contribution in [0.1, 0.15) is 5.76 Å². The summed E-state index contributed by atoms with van der Waals surface area (Å²) in [5, 5.41) is 12.7. The molecule has 1 aromatic heterocycles. The molecule has 5 heteroatoms. The summed E-state index contributed by atoms with van der Waals surface area (Å²) in [5.74, 6) is -0.548. The van der Waals surface area contributed by atoms with Crippen LogP contribution in [-0.4, -0.2) is 23.9 Å². The van der Waals surface area contributed by atoms with Crippen molar-refractivity contribution in [2.24, 2.45) is 5.16 Å². The molecule has 0 saturated heterocycles. The molecule has 0 saturated carbocycles. The van der Waals surface area contributed by atoms with Crippen LogP contribution in [0.25, 0.3) is 11.0 Å². The van der Waals surface area contributed by atoms with E-state index in [0.717, 1.165) is 11.0 Å². The number of carboxylic acids is 1. The van der Waals surface area contributed by atoms with Gasteiger partial charge in [0.1, 0.15) is 17.6 Å². The second-order valence-electron chi connectivity index (χ2n) is 3.09. The maximum absolute atomic E-state index is 10.1. The number of aliphatic carboxylic acids is 1. The Kier molecular flexibility index (Phi) is 2.86. The Hall–Kier alpha value is -2.30. The lowest BCUT2D eigenvalue weighted by Gasteiger charge is -1.90. The SMILES string of the molecule is O=C(O)CON=Cc1cc2ccccc2o1. The molecule has 0 amide bonds. The Morgan fingerprint density at radius 1 is 1.50 bits per heavy atom. The summed E-state index contributed by atoms with van der Waals surface area (Å²) in [6, 6.07) is 9.31. The van der Waals surface area contributed by atoms with Gasteiger partial charge >= 0.3 is 5.97 Å².